The van der Waals surface area contributed by atoms with E-state index in [1.807, 2.05) is 43.3 Å². The van der Waals surface area contributed by atoms with E-state index in [0.717, 1.165) is 11.1 Å². The van der Waals surface area contributed by atoms with Crippen molar-refractivity contribution in [1.82, 2.24) is 0 Å². The lowest BCUT2D eigenvalue weighted by molar-refractivity contribution is 0.0988. The Balaban J connectivity index is 2.78. The van der Waals surface area contributed by atoms with Crippen molar-refractivity contribution < 1.29 is 9.90 Å². The average molecular weight is 204 g/mol. The number of aliphatic hydroxyl groups excluding tert-OH is 1. The second-order valence-electron chi connectivity index (χ2n) is 3.32. The zero-order valence-corrected chi connectivity index (χ0v) is 8.94. The molecule has 1 aromatic rings. The van der Waals surface area contributed by atoms with Gasteiger partial charge in [-0.3, -0.25) is 4.79 Å². The molecule has 0 spiro atoms. The van der Waals surface area contributed by atoms with E-state index in [-0.39, 0.29) is 12.4 Å². The Hall–Kier alpha value is -1.41. The Bertz CT molecular complexity index is 353. The third-order valence-corrected chi connectivity index (χ3v) is 2.14. The Morgan fingerprint density at radius 1 is 1.47 bits per heavy atom. The van der Waals surface area contributed by atoms with Crippen LogP contribution in [0.25, 0.3) is 6.08 Å². The normalized spacial score (nSPS) is 10.8. The first-order chi connectivity index (χ1) is 7.27. The lowest BCUT2D eigenvalue weighted by Crippen LogP contribution is -1.95. The fraction of sp³-hybridized carbons (Fsp3) is 0.308. The van der Waals surface area contributed by atoms with Gasteiger partial charge in [-0.05, 0) is 18.1 Å². The summed E-state index contributed by atoms with van der Waals surface area (Å²) in [6.45, 7) is 2.01. The van der Waals surface area contributed by atoms with E-state index < -0.39 is 0 Å². The smallest absolute Gasteiger partial charge is 0.162 e. The van der Waals surface area contributed by atoms with Gasteiger partial charge in [-0.15, -0.1) is 0 Å². The summed E-state index contributed by atoms with van der Waals surface area (Å²) < 4.78 is 0. The van der Waals surface area contributed by atoms with Crippen LogP contribution in [0.3, 0.4) is 0 Å². The molecule has 0 aliphatic carbocycles. The Labute approximate surface area is 90.3 Å². The minimum absolute atomic E-state index is 0.157. The summed E-state index contributed by atoms with van der Waals surface area (Å²) in [4.78, 5) is 11.4. The lowest BCUT2D eigenvalue weighted by Gasteiger charge is -1.99. The highest BCUT2D eigenvalue weighted by molar-refractivity contribution is 5.96. The predicted molar refractivity (Wildman–Crippen MR) is 61.8 cm³/mol. The van der Waals surface area contributed by atoms with Gasteiger partial charge in [-0.25, -0.2) is 0 Å². The number of aliphatic hydroxyl groups is 1. The zero-order chi connectivity index (χ0) is 11.1. The maximum Gasteiger partial charge on any atom is 0.162 e. The second-order valence-corrected chi connectivity index (χ2v) is 3.32. The van der Waals surface area contributed by atoms with Gasteiger partial charge < -0.3 is 5.11 Å². The molecule has 1 rings (SSSR count). The van der Waals surface area contributed by atoms with E-state index in [0.29, 0.717) is 12.8 Å². The fourth-order valence-electron chi connectivity index (χ4n) is 1.31. The molecule has 0 aliphatic rings. The summed E-state index contributed by atoms with van der Waals surface area (Å²) in [5, 5.41) is 8.62. The van der Waals surface area contributed by atoms with Gasteiger partial charge in [0.2, 0.25) is 0 Å². The molecule has 15 heavy (non-hydrogen) atoms. The Kier molecular flexibility index (Phi) is 4.78. The van der Waals surface area contributed by atoms with Crippen LogP contribution in [0.4, 0.5) is 0 Å². The van der Waals surface area contributed by atoms with E-state index in [4.69, 9.17) is 5.11 Å². The van der Waals surface area contributed by atoms with Gasteiger partial charge in [0.25, 0.3) is 0 Å². The van der Waals surface area contributed by atoms with Gasteiger partial charge in [0.1, 0.15) is 0 Å². The molecule has 1 N–H and O–H groups in total. The first-order valence-corrected chi connectivity index (χ1v) is 5.18. The largest absolute Gasteiger partial charge is 0.396 e. The van der Waals surface area contributed by atoms with Crippen LogP contribution in [0.5, 0.6) is 0 Å². The molecule has 0 fully saturated rings. The van der Waals surface area contributed by atoms with Crippen LogP contribution in [0.1, 0.15) is 35.7 Å². The minimum atomic E-state index is 0.157. The number of benzene rings is 1. The molecule has 2 heteroatoms. The maximum absolute atomic E-state index is 11.4. The third kappa shape index (κ3) is 3.68. The van der Waals surface area contributed by atoms with Crippen molar-refractivity contribution in [2.45, 2.75) is 19.8 Å². The van der Waals surface area contributed by atoms with Crippen molar-refractivity contribution in [1.29, 1.82) is 0 Å². The summed E-state index contributed by atoms with van der Waals surface area (Å²) in [6.07, 6.45) is 4.99. The van der Waals surface area contributed by atoms with Crippen molar-refractivity contribution in [2.75, 3.05) is 6.61 Å². The number of carbonyl (C=O) groups is 1. The Morgan fingerprint density at radius 2 is 2.27 bits per heavy atom. The second kappa shape index (κ2) is 6.14. The highest BCUT2D eigenvalue weighted by atomic mass is 16.2. The predicted octanol–water partition coefficient (Wildman–Crippen LogP) is 2.67. The number of carbonyl (C=O) groups excluding carboxylic acids is 1. The molecule has 0 aliphatic heterocycles. The van der Waals surface area contributed by atoms with Gasteiger partial charge in [0.05, 0.1) is 0 Å². The molecule has 0 saturated carbocycles. The topological polar surface area (TPSA) is 37.3 Å². The molecule has 0 atom stereocenters. The fourth-order valence-corrected chi connectivity index (χ4v) is 1.31. The van der Waals surface area contributed by atoms with Crippen molar-refractivity contribution >= 4 is 11.9 Å². The molecule has 0 bridgehead atoms. The summed E-state index contributed by atoms with van der Waals surface area (Å²) in [5.41, 5.74) is 1.76. The molecule has 0 radical (unpaired) electrons. The van der Waals surface area contributed by atoms with Gasteiger partial charge >= 0.3 is 0 Å². The molecular weight excluding hydrogens is 188 g/mol. The molecule has 0 saturated heterocycles. The quantitative estimate of drug-likeness (QED) is 0.749. The first kappa shape index (κ1) is 11.7. The van der Waals surface area contributed by atoms with E-state index in [1.165, 1.54) is 0 Å². The average Bonchev–Trinajstić information content (AvgIpc) is 2.29. The molecule has 0 heterocycles. The molecule has 0 unspecified atom stereocenters. The highest BCUT2D eigenvalue weighted by Crippen LogP contribution is 2.09. The van der Waals surface area contributed by atoms with Crippen LogP contribution in [0, 0.1) is 0 Å². The zero-order valence-electron chi connectivity index (χ0n) is 8.94. The lowest BCUT2D eigenvalue weighted by atomic mass is 10.1. The summed E-state index contributed by atoms with van der Waals surface area (Å²) in [7, 11) is 0. The first-order valence-electron chi connectivity index (χ1n) is 5.18. The SMILES string of the molecule is CCC(=O)c1cccc(C=CCCO)c1. The summed E-state index contributed by atoms with van der Waals surface area (Å²) >= 11 is 0. The molecule has 80 valence electrons. The highest BCUT2D eigenvalue weighted by Gasteiger charge is 2.01. The van der Waals surface area contributed by atoms with Crippen molar-refractivity contribution in [3.63, 3.8) is 0 Å². The number of hydrogen-bond donors (Lipinski definition) is 1. The number of Topliss-reactive ketones (excluding diaryl/α,β-unsaturated/α-hetero) is 1. The third-order valence-electron chi connectivity index (χ3n) is 2.14. The van der Waals surface area contributed by atoms with E-state index >= 15 is 0 Å². The molecule has 1 aromatic carbocycles. The Morgan fingerprint density at radius 3 is 2.93 bits per heavy atom. The van der Waals surface area contributed by atoms with Gasteiger partial charge in [0.15, 0.2) is 5.78 Å². The standard InChI is InChI=1S/C13H16O2/c1-2-13(15)12-8-5-7-11(10-12)6-3-4-9-14/h3,5-8,10,14H,2,4,9H2,1H3. The number of hydrogen-bond acceptors (Lipinski definition) is 2. The van der Waals surface area contributed by atoms with Crippen molar-refractivity contribution in [2.24, 2.45) is 0 Å². The number of rotatable bonds is 5. The van der Waals surface area contributed by atoms with Gasteiger partial charge in [-0.1, -0.05) is 37.3 Å². The summed E-state index contributed by atoms with van der Waals surface area (Å²) in [5.74, 6) is 0.160. The molecular formula is C13H16O2. The van der Waals surface area contributed by atoms with Crippen LogP contribution in [-0.2, 0) is 0 Å². The molecule has 2 nitrogen and oxygen atoms in total. The van der Waals surface area contributed by atoms with Crippen molar-refractivity contribution in [3.8, 4) is 0 Å². The summed E-state index contributed by atoms with van der Waals surface area (Å²) in [6, 6.07) is 7.52. The molecule has 0 aromatic heterocycles. The van der Waals surface area contributed by atoms with E-state index in [1.54, 1.807) is 0 Å². The van der Waals surface area contributed by atoms with Crippen LogP contribution >= 0.6 is 0 Å². The van der Waals surface area contributed by atoms with Crippen molar-refractivity contribution in [3.05, 3.63) is 41.5 Å². The molecule has 0 amide bonds. The van der Waals surface area contributed by atoms with Crippen LogP contribution in [-0.4, -0.2) is 17.5 Å². The van der Waals surface area contributed by atoms with Crippen LogP contribution in [0.2, 0.25) is 0 Å². The number of ketones is 1. The van der Waals surface area contributed by atoms with E-state index in [9.17, 15) is 4.79 Å². The van der Waals surface area contributed by atoms with Crippen LogP contribution in [0.15, 0.2) is 30.3 Å². The van der Waals surface area contributed by atoms with Crippen LogP contribution < -0.4 is 0 Å². The van der Waals surface area contributed by atoms with Gasteiger partial charge in [0, 0.05) is 18.6 Å². The van der Waals surface area contributed by atoms with Gasteiger partial charge in [-0.2, -0.15) is 0 Å². The minimum Gasteiger partial charge on any atom is -0.396 e. The maximum atomic E-state index is 11.4. The monoisotopic (exact) mass is 204 g/mol. The van der Waals surface area contributed by atoms with E-state index in [2.05, 4.69) is 0 Å².